The minimum absolute atomic E-state index is 0.128. The van der Waals surface area contributed by atoms with E-state index in [1.54, 1.807) is 13.2 Å². The Balaban J connectivity index is 2.42. The molecule has 0 aliphatic rings. The van der Waals surface area contributed by atoms with Crippen LogP contribution in [0.15, 0.2) is 22.7 Å². The van der Waals surface area contributed by atoms with Crippen LogP contribution >= 0.6 is 15.9 Å². The lowest BCUT2D eigenvalue weighted by molar-refractivity contribution is 0.0709. The Morgan fingerprint density at radius 1 is 1.32 bits per heavy atom. The fourth-order valence-electron chi connectivity index (χ4n) is 1.83. The molecule has 0 saturated heterocycles. The number of aromatic hydroxyl groups is 1. The first-order chi connectivity index (χ1) is 9.19. The molecular formula is C14H22BrNO3. The van der Waals surface area contributed by atoms with E-state index in [1.165, 1.54) is 0 Å². The fourth-order valence-corrected chi connectivity index (χ4v) is 2.21. The number of halogens is 1. The van der Waals surface area contributed by atoms with E-state index in [4.69, 9.17) is 9.47 Å². The first-order valence-electron chi connectivity index (χ1n) is 6.47. The highest BCUT2D eigenvalue weighted by molar-refractivity contribution is 9.10. The Kier molecular flexibility index (Phi) is 8.05. The number of hydrogen-bond donors (Lipinski definition) is 2. The Hall–Kier alpha value is -0.620. The molecule has 0 bridgehead atoms. The van der Waals surface area contributed by atoms with Crippen molar-refractivity contribution in [2.75, 3.05) is 33.5 Å². The minimum Gasteiger partial charge on any atom is -0.508 e. The predicted octanol–water partition coefficient (Wildman–Crippen LogP) is 2.86. The smallest absolute Gasteiger partial charge is 0.120 e. The summed E-state index contributed by atoms with van der Waals surface area (Å²) in [5.41, 5.74) is 0.911. The zero-order valence-corrected chi connectivity index (χ0v) is 13.1. The first kappa shape index (κ1) is 16.4. The molecule has 1 rings (SSSR count). The highest BCUT2D eigenvalue weighted by Crippen LogP contribution is 2.29. The van der Waals surface area contributed by atoms with Crippen LogP contribution in [0.2, 0.25) is 0 Å². The number of rotatable bonds is 9. The van der Waals surface area contributed by atoms with Crippen molar-refractivity contribution in [1.29, 1.82) is 0 Å². The van der Waals surface area contributed by atoms with Gasteiger partial charge in [0.2, 0.25) is 0 Å². The van der Waals surface area contributed by atoms with Crippen LogP contribution < -0.4 is 5.32 Å². The zero-order chi connectivity index (χ0) is 14.1. The van der Waals surface area contributed by atoms with Gasteiger partial charge in [-0.3, -0.25) is 0 Å². The Bertz CT molecular complexity index is 374. The summed E-state index contributed by atoms with van der Waals surface area (Å²) in [6.07, 6.45) is 0.905. The number of methoxy groups -OCH3 is 1. The molecule has 0 aliphatic heterocycles. The van der Waals surface area contributed by atoms with Gasteiger partial charge in [0.15, 0.2) is 0 Å². The van der Waals surface area contributed by atoms with E-state index in [-0.39, 0.29) is 6.04 Å². The van der Waals surface area contributed by atoms with Gasteiger partial charge in [-0.2, -0.15) is 0 Å². The van der Waals surface area contributed by atoms with E-state index in [9.17, 15) is 5.11 Å². The lowest BCUT2D eigenvalue weighted by atomic mass is 10.0. The van der Waals surface area contributed by atoms with Crippen molar-refractivity contribution in [3.05, 3.63) is 28.2 Å². The van der Waals surface area contributed by atoms with Gasteiger partial charge < -0.3 is 19.9 Å². The normalized spacial score (nSPS) is 12.6. The van der Waals surface area contributed by atoms with Crippen LogP contribution in [0.3, 0.4) is 0 Å². The third-order valence-corrected chi connectivity index (χ3v) is 3.34. The molecule has 0 saturated carbocycles. The second-order valence-corrected chi connectivity index (χ2v) is 5.14. The second-order valence-electron chi connectivity index (χ2n) is 4.22. The average molecular weight is 332 g/mol. The highest BCUT2D eigenvalue weighted by atomic mass is 79.9. The third-order valence-electron chi connectivity index (χ3n) is 2.84. The van der Waals surface area contributed by atoms with Crippen LogP contribution in [0.1, 0.15) is 24.9 Å². The van der Waals surface area contributed by atoms with Gasteiger partial charge in [-0.25, -0.2) is 0 Å². The fraction of sp³-hybridized carbons (Fsp3) is 0.571. The number of phenols is 1. The molecule has 0 fully saturated rings. The molecule has 0 amide bonds. The summed E-state index contributed by atoms with van der Waals surface area (Å²) in [5.74, 6) is 0.322. The molecule has 0 spiro atoms. The van der Waals surface area contributed by atoms with Crippen LogP contribution in [0, 0.1) is 0 Å². The van der Waals surface area contributed by atoms with E-state index in [2.05, 4.69) is 28.2 Å². The van der Waals surface area contributed by atoms with Crippen molar-refractivity contribution in [2.45, 2.75) is 19.4 Å². The standard InChI is InChI=1S/C14H22BrNO3/c1-3-13(16-6-7-19-9-8-18-2)12-10-11(15)4-5-14(12)17/h4-5,10,13,16-17H,3,6-9H2,1-2H3. The molecule has 1 aromatic rings. The lowest BCUT2D eigenvalue weighted by Gasteiger charge is -2.19. The van der Waals surface area contributed by atoms with Gasteiger partial charge in [0.1, 0.15) is 5.75 Å². The Morgan fingerprint density at radius 3 is 2.79 bits per heavy atom. The van der Waals surface area contributed by atoms with Crippen LogP contribution in [0.4, 0.5) is 0 Å². The maximum atomic E-state index is 9.90. The van der Waals surface area contributed by atoms with E-state index in [0.717, 1.165) is 23.0 Å². The molecule has 1 unspecified atom stereocenters. The largest absolute Gasteiger partial charge is 0.508 e. The van der Waals surface area contributed by atoms with Gasteiger partial charge in [0.25, 0.3) is 0 Å². The number of phenolic OH excluding ortho intramolecular Hbond substituents is 1. The van der Waals surface area contributed by atoms with E-state index in [0.29, 0.717) is 25.6 Å². The molecule has 1 aromatic carbocycles. The van der Waals surface area contributed by atoms with Crippen molar-refractivity contribution in [2.24, 2.45) is 0 Å². The summed E-state index contributed by atoms with van der Waals surface area (Å²) in [4.78, 5) is 0. The van der Waals surface area contributed by atoms with Gasteiger partial charge in [0.05, 0.1) is 19.8 Å². The van der Waals surface area contributed by atoms with Crippen LogP contribution in [0.25, 0.3) is 0 Å². The summed E-state index contributed by atoms with van der Waals surface area (Å²) < 4.78 is 11.3. The van der Waals surface area contributed by atoms with Gasteiger partial charge in [-0.15, -0.1) is 0 Å². The molecule has 0 radical (unpaired) electrons. The maximum absolute atomic E-state index is 9.90. The lowest BCUT2D eigenvalue weighted by Crippen LogP contribution is -2.25. The van der Waals surface area contributed by atoms with E-state index in [1.807, 2.05) is 12.1 Å². The first-order valence-corrected chi connectivity index (χ1v) is 7.26. The molecule has 2 N–H and O–H groups in total. The van der Waals surface area contributed by atoms with Gasteiger partial charge in [-0.1, -0.05) is 22.9 Å². The van der Waals surface area contributed by atoms with E-state index >= 15 is 0 Å². The number of ether oxygens (including phenoxy) is 2. The van der Waals surface area contributed by atoms with Crippen molar-refractivity contribution in [3.63, 3.8) is 0 Å². The van der Waals surface area contributed by atoms with Crippen LogP contribution in [-0.4, -0.2) is 38.6 Å². The van der Waals surface area contributed by atoms with Gasteiger partial charge in [-0.05, 0) is 24.6 Å². The monoisotopic (exact) mass is 331 g/mol. The highest BCUT2D eigenvalue weighted by Gasteiger charge is 2.13. The number of benzene rings is 1. The van der Waals surface area contributed by atoms with Crippen LogP contribution in [-0.2, 0) is 9.47 Å². The minimum atomic E-state index is 0.128. The zero-order valence-electron chi connectivity index (χ0n) is 11.5. The van der Waals surface area contributed by atoms with Crippen molar-refractivity contribution in [1.82, 2.24) is 5.32 Å². The molecule has 1 atom stereocenters. The van der Waals surface area contributed by atoms with E-state index < -0.39 is 0 Å². The number of nitrogens with one attached hydrogen (secondary N) is 1. The van der Waals surface area contributed by atoms with Crippen molar-refractivity contribution >= 4 is 15.9 Å². The molecule has 108 valence electrons. The summed E-state index contributed by atoms with van der Waals surface area (Å²) >= 11 is 3.43. The summed E-state index contributed by atoms with van der Waals surface area (Å²) in [5, 5.41) is 13.3. The summed E-state index contributed by atoms with van der Waals surface area (Å²) in [7, 11) is 1.66. The predicted molar refractivity (Wildman–Crippen MR) is 79.5 cm³/mol. The molecular weight excluding hydrogens is 310 g/mol. The van der Waals surface area contributed by atoms with Gasteiger partial charge in [0, 0.05) is 29.7 Å². The molecule has 19 heavy (non-hydrogen) atoms. The van der Waals surface area contributed by atoms with Crippen molar-refractivity contribution in [3.8, 4) is 5.75 Å². The van der Waals surface area contributed by atoms with Crippen LogP contribution in [0.5, 0.6) is 5.75 Å². The van der Waals surface area contributed by atoms with Crippen molar-refractivity contribution < 1.29 is 14.6 Å². The average Bonchev–Trinajstić information content (AvgIpc) is 2.41. The quantitative estimate of drug-likeness (QED) is 0.683. The molecule has 0 aromatic heterocycles. The molecule has 0 aliphatic carbocycles. The van der Waals surface area contributed by atoms with Gasteiger partial charge >= 0.3 is 0 Å². The summed E-state index contributed by atoms with van der Waals surface area (Å²) in [6.45, 7) is 4.69. The molecule has 0 heterocycles. The molecule has 5 heteroatoms. The topological polar surface area (TPSA) is 50.7 Å². The second kappa shape index (κ2) is 9.31. The maximum Gasteiger partial charge on any atom is 0.120 e. The number of hydrogen-bond acceptors (Lipinski definition) is 4. The Labute approximate surface area is 123 Å². The molecule has 4 nitrogen and oxygen atoms in total. The Morgan fingerprint density at radius 2 is 2.11 bits per heavy atom. The summed E-state index contributed by atoms with van der Waals surface area (Å²) in [6, 6.07) is 5.61. The third kappa shape index (κ3) is 5.91. The SMILES string of the molecule is CCC(NCCOCCOC)c1cc(Br)ccc1O.